The van der Waals surface area contributed by atoms with Crippen molar-refractivity contribution < 1.29 is 4.79 Å². The Morgan fingerprint density at radius 3 is 2.59 bits per heavy atom. The zero-order valence-corrected chi connectivity index (χ0v) is 14.3. The Hall–Kier alpha value is -1.56. The number of carbonyl (C=O) groups is 1. The van der Waals surface area contributed by atoms with Crippen LogP contribution in [-0.4, -0.2) is 35.3 Å². The SMILES string of the molecule is CNC(C)CNC(=O)c1cn(-c2ccc(Cl)cc2)nc1C.Cl. The van der Waals surface area contributed by atoms with E-state index >= 15 is 0 Å². The molecule has 1 heterocycles. The molecule has 0 spiro atoms. The average Bonchev–Trinajstić information content (AvgIpc) is 2.87. The minimum atomic E-state index is -0.116. The molecule has 22 heavy (non-hydrogen) atoms. The Labute approximate surface area is 141 Å². The van der Waals surface area contributed by atoms with E-state index in [1.54, 1.807) is 23.0 Å². The van der Waals surface area contributed by atoms with Crippen LogP contribution in [-0.2, 0) is 0 Å². The lowest BCUT2D eigenvalue weighted by atomic mass is 10.2. The Kier molecular flexibility index (Phi) is 6.87. The summed E-state index contributed by atoms with van der Waals surface area (Å²) in [7, 11) is 1.86. The minimum Gasteiger partial charge on any atom is -0.350 e. The number of halogens is 2. The van der Waals surface area contributed by atoms with Crippen molar-refractivity contribution in [3.63, 3.8) is 0 Å². The number of carbonyl (C=O) groups excluding carboxylic acids is 1. The van der Waals surface area contributed by atoms with Crippen molar-refractivity contribution >= 4 is 29.9 Å². The minimum absolute atomic E-state index is 0. The van der Waals surface area contributed by atoms with E-state index < -0.39 is 0 Å². The second-order valence-electron chi connectivity index (χ2n) is 4.95. The molecule has 1 unspecified atom stereocenters. The summed E-state index contributed by atoms with van der Waals surface area (Å²) < 4.78 is 1.68. The Balaban J connectivity index is 0.00000242. The molecular weight excluding hydrogens is 323 g/mol. The van der Waals surface area contributed by atoms with E-state index in [-0.39, 0.29) is 24.4 Å². The molecule has 1 aromatic carbocycles. The zero-order valence-electron chi connectivity index (χ0n) is 12.8. The summed E-state index contributed by atoms with van der Waals surface area (Å²) in [5.41, 5.74) is 2.14. The van der Waals surface area contributed by atoms with Gasteiger partial charge >= 0.3 is 0 Å². The van der Waals surface area contributed by atoms with Crippen LogP contribution < -0.4 is 10.6 Å². The van der Waals surface area contributed by atoms with Gasteiger partial charge in [-0.15, -0.1) is 12.4 Å². The molecule has 2 aromatic rings. The highest BCUT2D eigenvalue weighted by molar-refractivity contribution is 6.30. The Morgan fingerprint density at radius 2 is 2.00 bits per heavy atom. The maximum absolute atomic E-state index is 12.2. The average molecular weight is 343 g/mol. The number of likely N-dealkylation sites (N-methyl/N-ethyl adjacent to an activating group) is 1. The van der Waals surface area contributed by atoms with Crippen LogP contribution >= 0.6 is 24.0 Å². The third kappa shape index (κ3) is 4.47. The highest BCUT2D eigenvalue weighted by Gasteiger charge is 2.14. The number of hydrogen-bond donors (Lipinski definition) is 2. The lowest BCUT2D eigenvalue weighted by molar-refractivity contribution is 0.0950. The third-order valence-corrected chi connectivity index (χ3v) is 3.55. The van der Waals surface area contributed by atoms with Gasteiger partial charge < -0.3 is 10.6 Å². The van der Waals surface area contributed by atoms with Crippen molar-refractivity contribution in [2.75, 3.05) is 13.6 Å². The monoisotopic (exact) mass is 342 g/mol. The van der Waals surface area contributed by atoms with Gasteiger partial charge in [0.25, 0.3) is 5.91 Å². The molecule has 0 aliphatic rings. The zero-order chi connectivity index (χ0) is 15.4. The van der Waals surface area contributed by atoms with Crippen LogP contribution in [0.3, 0.4) is 0 Å². The fourth-order valence-corrected chi connectivity index (χ4v) is 1.98. The van der Waals surface area contributed by atoms with Gasteiger partial charge in [-0.25, -0.2) is 4.68 Å². The van der Waals surface area contributed by atoms with Crippen LogP contribution in [0.25, 0.3) is 5.69 Å². The summed E-state index contributed by atoms with van der Waals surface area (Å²) in [5.74, 6) is -0.116. The number of aryl methyl sites for hydroxylation is 1. The van der Waals surface area contributed by atoms with E-state index in [1.807, 2.05) is 33.0 Å². The van der Waals surface area contributed by atoms with Gasteiger partial charge in [-0.2, -0.15) is 5.10 Å². The predicted molar refractivity (Wildman–Crippen MR) is 91.4 cm³/mol. The quantitative estimate of drug-likeness (QED) is 0.877. The van der Waals surface area contributed by atoms with Gasteiger partial charge in [0.1, 0.15) is 0 Å². The molecule has 120 valence electrons. The van der Waals surface area contributed by atoms with Gasteiger partial charge in [0.2, 0.25) is 0 Å². The van der Waals surface area contributed by atoms with Gasteiger partial charge in [-0.05, 0) is 45.2 Å². The molecular formula is C15H20Cl2N4O. The number of nitrogens with zero attached hydrogens (tertiary/aromatic N) is 2. The predicted octanol–water partition coefficient (Wildman–Crippen LogP) is 2.59. The van der Waals surface area contributed by atoms with Crippen molar-refractivity contribution in [1.82, 2.24) is 20.4 Å². The summed E-state index contributed by atoms with van der Waals surface area (Å²) >= 11 is 5.87. The largest absolute Gasteiger partial charge is 0.350 e. The maximum atomic E-state index is 12.2. The first-order valence-electron chi connectivity index (χ1n) is 6.79. The van der Waals surface area contributed by atoms with E-state index in [0.29, 0.717) is 22.8 Å². The van der Waals surface area contributed by atoms with Crippen molar-refractivity contribution in [2.45, 2.75) is 19.9 Å². The number of hydrogen-bond acceptors (Lipinski definition) is 3. The van der Waals surface area contributed by atoms with Crippen LogP contribution in [0.1, 0.15) is 23.0 Å². The van der Waals surface area contributed by atoms with Gasteiger partial charge in [-0.3, -0.25) is 4.79 Å². The molecule has 2 rings (SSSR count). The first-order chi connectivity index (χ1) is 10.0. The van der Waals surface area contributed by atoms with Crippen molar-refractivity contribution in [2.24, 2.45) is 0 Å². The number of benzene rings is 1. The second kappa shape index (κ2) is 8.17. The first kappa shape index (κ1) is 18.5. The van der Waals surface area contributed by atoms with Crippen molar-refractivity contribution in [3.8, 4) is 5.69 Å². The van der Waals surface area contributed by atoms with E-state index in [9.17, 15) is 4.79 Å². The molecule has 1 aromatic heterocycles. The summed E-state index contributed by atoms with van der Waals surface area (Å²) in [4.78, 5) is 12.2. The molecule has 0 aliphatic heterocycles. The molecule has 0 radical (unpaired) electrons. The van der Waals surface area contributed by atoms with Crippen molar-refractivity contribution in [3.05, 3.63) is 46.7 Å². The van der Waals surface area contributed by atoms with Crippen LogP contribution in [0.4, 0.5) is 0 Å². The maximum Gasteiger partial charge on any atom is 0.254 e. The first-order valence-corrected chi connectivity index (χ1v) is 7.16. The number of amides is 1. The lowest BCUT2D eigenvalue weighted by Gasteiger charge is -2.10. The molecule has 7 heteroatoms. The molecule has 0 bridgehead atoms. The summed E-state index contributed by atoms with van der Waals surface area (Å²) in [6.45, 7) is 4.40. The topological polar surface area (TPSA) is 58.9 Å². The molecule has 1 atom stereocenters. The van der Waals surface area contributed by atoms with Crippen molar-refractivity contribution in [1.29, 1.82) is 0 Å². The second-order valence-corrected chi connectivity index (χ2v) is 5.39. The molecule has 0 fully saturated rings. The Morgan fingerprint density at radius 1 is 1.36 bits per heavy atom. The molecule has 0 saturated carbocycles. The smallest absolute Gasteiger partial charge is 0.254 e. The highest BCUT2D eigenvalue weighted by Crippen LogP contribution is 2.15. The van der Waals surface area contributed by atoms with E-state index in [0.717, 1.165) is 5.69 Å². The van der Waals surface area contributed by atoms with Gasteiger partial charge in [0, 0.05) is 23.8 Å². The lowest BCUT2D eigenvalue weighted by Crippen LogP contribution is -2.37. The number of aromatic nitrogens is 2. The van der Waals surface area contributed by atoms with E-state index in [1.165, 1.54) is 0 Å². The van der Waals surface area contributed by atoms with Crippen LogP contribution in [0.5, 0.6) is 0 Å². The van der Waals surface area contributed by atoms with Gasteiger partial charge in [0.15, 0.2) is 0 Å². The van der Waals surface area contributed by atoms with E-state index in [4.69, 9.17) is 11.6 Å². The van der Waals surface area contributed by atoms with Gasteiger partial charge in [-0.1, -0.05) is 11.6 Å². The molecule has 0 aliphatic carbocycles. The number of rotatable bonds is 5. The Bertz CT molecular complexity index is 625. The van der Waals surface area contributed by atoms with Crippen LogP contribution in [0.15, 0.2) is 30.5 Å². The fraction of sp³-hybridized carbons (Fsp3) is 0.333. The van der Waals surface area contributed by atoms with Crippen LogP contribution in [0, 0.1) is 6.92 Å². The fourth-order valence-electron chi connectivity index (χ4n) is 1.85. The van der Waals surface area contributed by atoms with E-state index in [2.05, 4.69) is 15.7 Å². The summed E-state index contributed by atoms with van der Waals surface area (Å²) in [5, 5.41) is 11.0. The van der Waals surface area contributed by atoms with Gasteiger partial charge in [0.05, 0.1) is 16.9 Å². The normalized spacial score (nSPS) is 11.6. The standard InChI is InChI=1S/C15H19ClN4O.ClH/c1-10(17-3)8-18-15(21)14-9-20(19-11(14)2)13-6-4-12(16)5-7-13;/h4-7,9-10,17H,8H2,1-3H3,(H,18,21);1H. The molecule has 2 N–H and O–H groups in total. The molecule has 0 saturated heterocycles. The third-order valence-electron chi connectivity index (χ3n) is 3.30. The summed E-state index contributed by atoms with van der Waals surface area (Å²) in [6, 6.07) is 7.53. The highest BCUT2D eigenvalue weighted by atomic mass is 35.5. The molecule has 5 nitrogen and oxygen atoms in total. The number of nitrogens with one attached hydrogen (secondary N) is 2. The summed E-state index contributed by atoms with van der Waals surface area (Å²) in [6.07, 6.45) is 1.73. The molecule has 1 amide bonds. The van der Waals surface area contributed by atoms with Crippen LogP contribution in [0.2, 0.25) is 5.02 Å².